The molecule has 1 atom stereocenters. The van der Waals surface area contributed by atoms with Crippen LogP contribution in [0.5, 0.6) is 0 Å². The summed E-state index contributed by atoms with van der Waals surface area (Å²) >= 11 is 0. The van der Waals surface area contributed by atoms with Gasteiger partial charge in [-0.05, 0) is 12.5 Å². The number of alkyl halides is 8. The molecule has 116 valence electrons. The van der Waals surface area contributed by atoms with E-state index in [1.807, 2.05) is 0 Å². The number of nitrogens with zero attached hydrogens (tertiary/aromatic N) is 2. The van der Waals surface area contributed by atoms with Crippen LogP contribution in [0.3, 0.4) is 0 Å². The number of hydrogen-bond donors (Lipinski definition) is 1. The van der Waals surface area contributed by atoms with E-state index in [9.17, 15) is 35.1 Å². The van der Waals surface area contributed by atoms with Crippen LogP contribution in [0.1, 0.15) is 11.3 Å². The normalized spacial score (nSPS) is 15.5. The maximum absolute atomic E-state index is 13.5. The second-order valence-electron chi connectivity index (χ2n) is 3.92. The first kappa shape index (κ1) is 16.7. The molecule has 1 rings (SSSR count). The molecule has 0 radical (unpaired) electrons. The second kappa shape index (κ2) is 4.86. The van der Waals surface area contributed by atoms with Crippen molar-refractivity contribution in [3.05, 3.63) is 17.5 Å². The molecule has 0 spiro atoms. The van der Waals surface area contributed by atoms with E-state index in [2.05, 4.69) is 5.10 Å². The molecule has 0 fully saturated rings. The molecule has 0 bridgehead atoms. The van der Waals surface area contributed by atoms with Crippen LogP contribution in [0.15, 0.2) is 6.20 Å². The van der Waals surface area contributed by atoms with Crippen LogP contribution >= 0.6 is 0 Å². The van der Waals surface area contributed by atoms with Crippen LogP contribution in [-0.4, -0.2) is 33.2 Å². The quantitative estimate of drug-likeness (QED) is 0.868. The summed E-state index contributed by atoms with van der Waals surface area (Å²) in [5, 5.41) is 11.6. The fourth-order valence-electron chi connectivity index (χ4n) is 1.37. The van der Waals surface area contributed by atoms with Crippen molar-refractivity contribution in [3.8, 4) is 0 Å². The molecule has 0 aliphatic rings. The van der Waals surface area contributed by atoms with Gasteiger partial charge in [0.05, 0.1) is 18.5 Å². The molecule has 0 amide bonds. The highest BCUT2D eigenvalue weighted by Crippen LogP contribution is 2.46. The van der Waals surface area contributed by atoms with E-state index in [0.717, 1.165) is 6.92 Å². The number of aromatic nitrogens is 2. The minimum atomic E-state index is -6.49. The second-order valence-corrected chi connectivity index (χ2v) is 3.92. The van der Waals surface area contributed by atoms with Crippen molar-refractivity contribution < 1.29 is 40.2 Å². The molecule has 0 aliphatic heterocycles. The monoisotopic (exact) mass is 312 g/mol. The first-order valence-electron chi connectivity index (χ1n) is 4.98. The van der Waals surface area contributed by atoms with Gasteiger partial charge in [-0.1, -0.05) is 0 Å². The van der Waals surface area contributed by atoms with Crippen molar-refractivity contribution in [1.82, 2.24) is 9.78 Å². The van der Waals surface area contributed by atoms with Gasteiger partial charge in [0.15, 0.2) is 0 Å². The van der Waals surface area contributed by atoms with Crippen LogP contribution < -0.4 is 0 Å². The molecule has 1 N–H and O–H groups in total. The molecule has 0 saturated heterocycles. The van der Waals surface area contributed by atoms with E-state index in [4.69, 9.17) is 5.11 Å². The highest BCUT2D eigenvalue weighted by atomic mass is 19.4. The molecule has 0 saturated carbocycles. The predicted octanol–water partition coefficient (Wildman–Crippen LogP) is 2.77. The third kappa shape index (κ3) is 2.45. The van der Waals surface area contributed by atoms with Gasteiger partial charge in [0.2, 0.25) is 0 Å². The Kier molecular flexibility index (Phi) is 4.05. The van der Waals surface area contributed by atoms with Gasteiger partial charge < -0.3 is 5.11 Å². The van der Waals surface area contributed by atoms with Gasteiger partial charge in [0.1, 0.15) is 0 Å². The van der Waals surface area contributed by atoms with Crippen molar-refractivity contribution in [2.75, 3.05) is 0 Å². The Morgan fingerprint density at radius 2 is 1.70 bits per heavy atom. The summed E-state index contributed by atoms with van der Waals surface area (Å²) in [7, 11) is 0. The Balaban J connectivity index is 3.29. The third-order valence-corrected chi connectivity index (χ3v) is 2.51. The van der Waals surface area contributed by atoms with Crippen molar-refractivity contribution >= 4 is 0 Å². The summed E-state index contributed by atoms with van der Waals surface area (Å²) in [6.07, 6.45) is -10.7. The Morgan fingerprint density at radius 3 is 2.10 bits per heavy atom. The van der Waals surface area contributed by atoms with Crippen LogP contribution in [0.25, 0.3) is 0 Å². The molecular weight excluding hydrogens is 304 g/mol. The van der Waals surface area contributed by atoms with Gasteiger partial charge >= 0.3 is 18.1 Å². The van der Waals surface area contributed by atoms with Gasteiger partial charge in [-0.2, -0.15) is 35.8 Å². The van der Waals surface area contributed by atoms with E-state index in [-0.39, 0.29) is 5.56 Å². The maximum Gasteiger partial charge on any atom is 0.456 e. The number of hydrogen-bond acceptors (Lipinski definition) is 2. The largest absolute Gasteiger partial charge is 0.456 e. The summed E-state index contributed by atoms with van der Waals surface area (Å²) < 4.78 is 100. The lowest BCUT2D eigenvalue weighted by atomic mass is 10.1. The van der Waals surface area contributed by atoms with Crippen LogP contribution in [0, 0.1) is 6.92 Å². The van der Waals surface area contributed by atoms with Gasteiger partial charge in [0, 0.05) is 0 Å². The zero-order valence-electron chi connectivity index (χ0n) is 9.73. The Hall–Kier alpha value is -1.39. The van der Waals surface area contributed by atoms with Gasteiger partial charge in [-0.3, -0.25) is 0 Å². The Labute approximate surface area is 106 Å². The predicted molar refractivity (Wildman–Crippen MR) is 49.0 cm³/mol. The Bertz CT molecular complexity index is 481. The number of aryl methyl sites for hydroxylation is 1. The smallest absolute Gasteiger partial charge is 0.390 e. The van der Waals surface area contributed by atoms with Crippen LogP contribution in [0.4, 0.5) is 35.1 Å². The molecule has 11 heteroatoms. The molecule has 1 heterocycles. The van der Waals surface area contributed by atoms with E-state index < -0.39 is 41.3 Å². The average molecular weight is 312 g/mol. The standard InChI is InChI=1S/C9H8F8N2O/c1-4-2-18-19(5(4)3-20)8(13,14)6(10)7(11,12)9(15,16)17/h2,6,20H,3H2,1H3. The highest BCUT2D eigenvalue weighted by Gasteiger charge is 2.71. The molecular formula is C9H8F8N2O. The zero-order valence-corrected chi connectivity index (χ0v) is 9.73. The van der Waals surface area contributed by atoms with Crippen molar-refractivity contribution in [2.24, 2.45) is 0 Å². The zero-order chi connectivity index (χ0) is 15.9. The van der Waals surface area contributed by atoms with E-state index in [1.165, 1.54) is 0 Å². The summed E-state index contributed by atoms with van der Waals surface area (Å²) in [6, 6.07) is -5.29. The van der Waals surface area contributed by atoms with Crippen molar-refractivity contribution in [1.29, 1.82) is 0 Å². The first-order valence-corrected chi connectivity index (χ1v) is 4.98. The Morgan fingerprint density at radius 1 is 1.20 bits per heavy atom. The SMILES string of the molecule is Cc1cnn(C(F)(F)C(F)C(F)(F)C(F)(F)F)c1CO. The maximum atomic E-state index is 13.5. The minimum absolute atomic E-state index is 0.116. The minimum Gasteiger partial charge on any atom is -0.390 e. The lowest BCUT2D eigenvalue weighted by molar-refractivity contribution is -0.341. The summed E-state index contributed by atoms with van der Waals surface area (Å²) in [5.74, 6) is -6.27. The topological polar surface area (TPSA) is 38.0 Å². The number of aliphatic hydroxyl groups is 1. The number of aliphatic hydroxyl groups excluding tert-OH is 1. The average Bonchev–Trinajstić information content (AvgIpc) is 2.68. The molecule has 1 unspecified atom stereocenters. The molecule has 3 nitrogen and oxygen atoms in total. The molecule has 1 aromatic heterocycles. The van der Waals surface area contributed by atoms with Gasteiger partial charge in [0.25, 0.3) is 6.17 Å². The van der Waals surface area contributed by atoms with Gasteiger partial charge in [-0.25, -0.2) is 9.07 Å². The van der Waals surface area contributed by atoms with Gasteiger partial charge in [-0.15, -0.1) is 0 Å². The van der Waals surface area contributed by atoms with E-state index >= 15 is 0 Å². The highest BCUT2D eigenvalue weighted by molar-refractivity contribution is 5.16. The first-order chi connectivity index (χ1) is 8.87. The van der Waals surface area contributed by atoms with Crippen molar-refractivity contribution in [2.45, 2.75) is 37.8 Å². The van der Waals surface area contributed by atoms with Crippen LogP contribution in [-0.2, 0) is 12.7 Å². The number of rotatable bonds is 4. The molecule has 0 aromatic carbocycles. The summed E-state index contributed by atoms with van der Waals surface area (Å²) in [6.45, 7) is 0.00596. The van der Waals surface area contributed by atoms with Crippen LogP contribution in [0.2, 0.25) is 0 Å². The molecule has 0 aliphatic carbocycles. The molecule has 20 heavy (non-hydrogen) atoms. The lowest BCUT2D eigenvalue weighted by Gasteiger charge is -2.29. The fraction of sp³-hybridized carbons (Fsp3) is 0.667. The fourth-order valence-corrected chi connectivity index (χ4v) is 1.37. The third-order valence-electron chi connectivity index (χ3n) is 2.51. The summed E-state index contributed by atoms with van der Waals surface area (Å²) in [5.41, 5.74) is -0.884. The molecule has 1 aromatic rings. The lowest BCUT2D eigenvalue weighted by Crippen LogP contribution is -2.54. The van der Waals surface area contributed by atoms with Crippen molar-refractivity contribution in [3.63, 3.8) is 0 Å². The number of halogens is 8. The summed E-state index contributed by atoms with van der Waals surface area (Å²) in [4.78, 5) is 0. The van der Waals surface area contributed by atoms with E-state index in [1.54, 1.807) is 0 Å². The van der Waals surface area contributed by atoms with E-state index in [0.29, 0.717) is 6.20 Å².